The molecule has 0 saturated carbocycles. The maximum atomic E-state index is 5.34. The molecule has 1 aromatic carbocycles. The summed E-state index contributed by atoms with van der Waals surface area (Å²) in [5, 5.41) is 0. The molecule has 0 atom stereocenters. The monoisotopic (exact) mass is 307 g/mol. The molecule has 1 N–H and O–H groups in total. The third-order valence-electron chi connectivity index (χ3n) is 1.88. The first-order valence-corrected chi connectivity index (χ1v) is 4.50. The molecule has 2 aromatic rings. The van der Waals surface area contributed by atoms with Gasteiger partial charge in [0.25, 0.3) is 0 Å². The Balaban J connectivity index is 0.000000653. The smallest absolute Gasteiger partial charge is 0.231 e. The standard InChI is InChI=1S/C8H5NO2S.HI/c1-2-6-7(11-4-10-6)8-5(1)9-3-12-8;/h1-3H,4H2;1H. The highest BCUT2D eigenvalue weighted by Gasteiger charge is 2.20. The first-order chi connectivity index (χ1) is 5.95. The summed E-state index contributed by atoms with van der Waals surface area (Å²) < 4.78 is 11.7. The van der Waals surface area contributed by atoms with E-state index < -0.39 is 0 Å². The molecular weight excluding hydrogens is 301 g/mol. The van der Waals surface area contributed by atoms with Crippen LogP contribution in [-0.4, -0.2) is 6.79 Å². The average molecular weight is 307 g/mol. The van der Waals surface area contributed by atoms with Crippen molar-refractivity contribution in [3.63, 3.8) is 0 Å². The van der Waals surface area contributed by atoms with Crippen molar-refractivity contribution in [3.05, 3.63) is 17.6 Å². The lowest BCUT2D eigenvalue weighted by Gasteiger charge is -1.91. The molecule has 0 radical (unpaired) electrons. The summed E-state index contributed by atoms with van der Waals surface area (Å²) in [5.74, 6) is 1.72. The van der Waals surface area contributed by atoms with E-state index >= 15 is 0 Å². The number of thiazole rings is 1. The molecule has 13 heavy (non-hydrogen) atoms. The predicted molar refractivity (Wildman–Crippen MR) is 44.5 cm³/mol. The first-order valence-electron chi connectivity index (χ1n) is 3.62. The van der Waals surface area contributed by atoms with Gasteiger partial charge in [-0.1, -0.05) is 11.3 Å². The minimum atomic E-state index is 0. The van der Waals surface area contributed by atoms with E-state index in [0.29, 0.717) is 6.79 Å². The second-order valence-electron chi connectivity index (χ2n) is 2.56. The molecule has 1 aliphatic rings. The number of nitrogens with one attached hydrogen (secondary N) is 1. The number of hydrogen-bond acceptors (Lipinski definition) is 3. The van der Waals surface area contributed by atoms with Crippen molar-refractivity contribution in [1.82, 2.24) is 0 Å². The maximum Gasteiger partial charge on any atom is 0.231 e. The topological polar surface area (TPSA) is 32.6 Å². The Morgan fingerprint density at radius 3 is 3.15 bits per heavy atom. The highest BCUT2D eigenvalue weighted by molar-refractivity contribution is 7.16. The van der Waals surface area contributed by atoms with Crippen molar-refractivity contribution in [3.8, 4) is 11.5 Å². The lowest BCUT2D eigenvalue weighted by atomic mass is 10.3. The fraction of sp³-hybridized carbons (Fsp3) is 0.125. The van der Waals surface area contributed by atoms with Crippen LogP contribution < -0.4 is 38.4 Å². The minimum absolute atomic E-state index is 0. The number of hydrogen-bond donors (Lipinski definition) is 0. The Kier molecular flexibility index (Phi) is 2.29. The van der Waals surface area contributed by atoms with Crippen molar-refractivity contribution < 1.29 is 38.4 Å². The van der Waals surface area contributed by atoms with Crippen molar-refractivity contribution in [2.45, 2.75) is 0 Å². The average Bonchev–Trinajstić information content (AvgIpc) is 2.71. The Labute approximate surface area is 95.7 Å². The van der Waals surface area contributed by atoms with E-state index in [4.69, 9.17) is 9.47 Å². The number of aromatic nitrogens is 1. The summed E-state index contributed by atoms with van der Waals surface area (Å²) in [6.45, 7) is 0.340. The summed E-state index contributed by atoms with van der Waals surface area (Å²) in [7, 11) is 0. The summed E-state index contributed by atoms with van der Waals surface area (Å²) >= 11 is 1.63. The number of halogens is 1. The number of benzene rings is 1. The number of rotatable bonds is 0. The molecule has 68 valence electrons. The van der Waals surface area contributed by atoms with E-state index in [1.54, 1.807) is 11.3 Å². The van der Waals surface area contributed by atoms with Crippen LogP contribution in [0.25, 0.3) is 10.2 Å². The van der Waals surface area contributed by atoms with Gasteiger partial charge in [0.2, 0.25) is 17.8 Å². The van der Waals surface area contributed by atoms with E-state index in [0.717, 1.165) is 21.7 Å². The van der Waals surface area contributed by atoms with Gasteiger partial charge in [0.15, 0.2) is 16.2 Å². The van der Waals surface area contributed by atoms with Gasteiger partial charge in [-0.2, -0.15) is 0 Å². The van der Waals surface area contributed by atoms with Crippen LogP contribution in [0.5, 0.6) is 11.5 Å². The molecule has 0 unspecified atom stereocenters. The normalized spacial score (nSPS) is 12.9. The van der Waals surface area contributed by atoms with Crippen molar-refractivity contribution in [1.29, 1.82) is 0 Å². The van der Waals surface area contributed by atoms with E-state index in [2.05, 4.69) is 4.98 Å². The molecule has 3 nitrogen and oxygen atoms in total. The van der Waals surface area contributed by atoms with E-state index in [1.165, 1.54) is 0 Å². The molecule has 0 saturated heterocycles. The van der Waals surface area contributed by atoms with Crippen LogP contribution in [0.1, 0.15) is 0 Å². The van der Waals surface area contributed by atoms with Crippen molar-refractivity contribution in [2.24, 2.45) is 0 Å². The van der Waals surface area contributed by atoms with E-state index in [9.17, 15) is 0 Å². The van der Waals surface area contributed by atoms with Gasteiger partial charge >= 0.3 is 0 Å². The summed E-state index contributed by atoms with van der Waals surface area (Å²) in [4.78, 5) is 3.13. The molecule has 0 spiro atoms. The largest absolute Gasteiger partial charge is 1.00 e. The van der Waals surface area contributed by atoms with Gasteiger partial charge in [0.1, 0.15) is 0 Å². The summed E-state index contributed by atoms with van der Waals surface area (Å²) in [6.07, 6.45) is 0. The van der Waals surface area contributed by atoms with Crippen molar-refractivity contribution in [2.75, 3.05) is 6.79 Å². The van der Waals surface area contributed by atoms with Crippen molar-refractivity contribution >= 4 is 21.6 Å². The molecular formula is C8H6INO2S. The van der Waals surface area contributed by atoms with Crippen LogP contribution >= 0.6 is 11.3 Å². The maximum absolute atomic E-state index is 5.34. The zero-order chi connectivity index (χ0) is 7.97. The molecule has 1 aromatic heterocycles. The molecule has 3 rings (SSSR count). The zero-order valence-corrected chi connectivity index (χ0v) is 9.52. The Morgan fingerprint density at radius 1 is 1.31 bits per heavy atom. The van der Waals surface area contributed by atoms with Gasteiger partial charge in [0.05, 0.1) is 0 Å². The molecule has 2 heterocycles. The first kappa shape index (κ1) is 9.01. The number of fused-ring (bicyclic) bond motifs is 3. The quantitative estimate of drug-likeness (QED) is 0.552. The highest BCUT2D eigenvalue weighted by Crippen LogP contribution is 2.39. The Morgan fingerprint density at radius 2 is 2.23 bits per heavy atom. The molecule has 0 amide bonds. The Bertz CT molecular complexity index is 443. The van der Waals surface area contributed by atoms with E-state index in [-0.39, 0.29) is 24.0 Å². The highest BCUT2D eigenvalue weighted by atomic mass is 127. The molecule has 5 heteroatoms. The second kappa shape index (κ2) is 3.30. The second-order valence-corrected chi connectivity index (χ2v) is 3.44. The summed E-state index contributed by atoms with van der Waals surface area (Å²) in [6, 6.07) is 3.92. The van der Waals surface area contributed by atoms with Crippen LogP contribution in [0.2, 0.25) is 0 Å². The fourth-order valence-corrected chi connectivity index (χ4v) is 2.15. The number of aromatic amines is 1. The summed E-state index contributed by atoms with van der Waals surface area (Å²) in [5.41, 5.74) is 3.04. The van der Waals surface area contributed by atoms with Gasteiger partial charge < -0.3 is 33.5 Å². The van der Waals surface area contributed by atoms with Gasteiger partial charge in [-0.05, 0) is 6.07 Å². The van der Waals surface area contributed by atoms with Crippen LogP contribution in [0.4, 0.5) is 0 Å². The molecule has 0 aliphatic carbocycles. The van der Waals surface area contributed by atoms with Gasteiger partial charge in [0, 0.05) is 6.07 Å². The Hall–Kier alpha value is -0.560. The van der Waals surface area contributed by atoms with Crippen LogP contribution in [0, 0.1) is 0 Å². The van der Waals surface area contributed by atoms with Crippen LogP contribution in [0.3, 0.4) is 0 Å². The molecule has 0 bridgehead atoms. The lowest BCUT2D eigenvalue weighted by molar-refractivity contribution is -0.338. The molecule has 1 aliphatic heterocycles. The number of ether oxygens (including phenoxy) is 2. The SMILES string of the molecule is [I-].c1[nH+]c2ccc3c(c2s1)OCO3. The van der Waals surface area contributed by atoms with Gasteiger partial charge in [-0.15, -0.1) is 0 Å². The third-order valence-corrected chi connectivity index (χ3v) is 2.76. The van der Waals surface area contributed by atoms with Crippen LogP contribution in [0.15, 0.2) is 17.6 Å². The minimum Gasteiger partial charge on any atom is -1.00 e. The predicted octanol–water partition coefficient (Wildman–Crippen LogP) is -1.55. The number of H-pyrrole nitrogens is 1. The third kappa shape index (κ3) is 1.26. The van der Waals surface area contributed by atoms with Gasteiger partial charge in [-0.3, -0.25) is 0 Å². The zero-order valence-electron chi connectivity index (χ0n) is 6.54. The van der Waals surface area contributed by atoms with Crippen LogP contribution in [-0.2, 0) is 0 Å². The van der Waals surface area contributed by atoms with Gasteiger partial charge in [-0.25, -0.2) is 4.98 Å². The molecule has 0 fully saturated rings. The lowest BCUT2D eigenvalue weighted by Crippen LogP contribution is -3.00. The van der Waals surface area contributed by atoms with E-state index in [1.807, 2.05) is 17.6 Å². The fourth-order valence-electron chi connectivity index (χ4n) is 1.33.